The van der Waals surface area contributed by atoms with Gasteiger partial charge in [0, 0.05) is 5.02 Å². The summed E-state index contributed by atoms with van der Waals surface area (Å²) in [4.78, 5) is 40.4. The van der Waals surface area contributed by atoms with Crippen LogP contribution in [-0.4, -0.2) is 33.7 Å². The summed E-state index contributed by atoms with van der Waals surface area (Å²) < 4.78 is 1.46. The molecule has 7 nitrogen and oxygen atoms in total. The number of hydrogen-bond donors (Lipinski definition) is 2. The van der Waals surface area contributed by atoms with Crippen molar-refractivity contribution in [3.8, 4) is 5.69 Å². The molecular formula is C19H17ClN4O3S. The molecule has 3 aromatic rings. The maximum absolute atomic E-state index is 13.1. The van der Waals surface area contributed by atoms with Crippen LogP contribution in [0.3, 0.4) is 0 Å². The lowest BCUT2D eigenvalue weighted by Crippen LogP contribution is -2.34. The van der Waals surface area contributed by atoms with Gasteiger partial charge in [0.2, 0.25) is 11.8 Å². The molecule has 144 valence electrons. The van der Waals surface area contributed by atoms with Crippen LogP contribution in [0.1, 0.15) is 5.56 Å². The van der Waals surface area contributed by atoms with Gasteiger partial charge in [-0.1, -0.05) is 41.1 Å². The number of benzene rings is 2. The molecule has 0 fully saturated rings. The molecule has 0 spiro atoms. The summed E-state index contributed by atoms with van der Waals surface area (Å²) in [7, 11) is 0. The average Bonchev–Trinajstić information content (AvgIpc) is 2.65. The van der Waals surface area contributed by atoms with Crippen molar-refractivity contribution in [3.63, 3.8) is 0 Å². The lowest BCUT2D eigenvalue weighted by Gasteiger charge is -2.13. The average molecular weight is 417 g/mol. The Kier molecular flexibility index (Phi) is 6.01. The Hall–Kier alpha value is -2.84. The monoisotopic (exact) mass is 416 g/mol. The SMILES string of the molecule is Cc1ccc(-n2c(SCC(=O)NCC(N)=O)nc3cc(Cl)ccc3c2=O)cc1. The first kappa shape index (κ1) is 19.9. The van der Waals surface area contributed by atoms with Gasteiger partial charge in [0.05, 0.1) is 28.9 Å². The number of carbonyl (C=O) groups is 2. The first-order chi connectivity index (χ1) is 13.3. The summed E-state index contributed by atoms with van der Waals surface area (Å²) in [5.41, 5.74) is 6.90. The molecule has 0 bridgehead atoms. The molecule has 28 heavy (non-hydrogen) atoms. The van der Waals surface area contributed by atoms with E-state index in [0.717, 1.165) is 17.3 Å². The highest BCUT2D eigenvalue weighted by Crippen LogP contribution is 2.23. The molecule has 0 atom stereocenters. The maximum atomic E-state index is 13.1. The van der Waals surface area contributed by atoms with Gasteiger partial charge in [-0.15, -0.1) is 0 Å². The molecule has 0 saturated heterocycles. The van der Waals surface area contributed by atoms with E-state index in [2.05, 4.69) is 10.3 Å². The number of hydrogen-bond acceptors (Lipinski definition) is 5. The summed E-state index contributed by atoms with van der Waals surface area (Å²) in [6, 6.07) is 12.3. The molecule has 3 rings (SSSR count). The van der Waals surface area contributed by atoms with Gasteiger partial charge in [0.15, 0.2) is 5.16 Å². The fourth-order valence-electron chi connectivity index (χ4n) is 2.52. The maximum Gasteiger partial charge on any atom is 0.266 e. The van der Waals surface area contributed by atoms with Gasteiger partial charge in [-0.05, 0) is 37.3 Å². The largest absolute Gasteiger partial charge is 0.368 e. The second-order valence-electron chi connectivity index (χ2n) is 6.06. The number of nitrogens with one attached hydrogen (secondary N) is 1. The van der Waals surface area contributed by atoms with E-state index in [0.29, 0.717) is 26.8 Å². The van der Waals surface area contributed by atoms with E-state index < -0.39 is 5.91 Å². The van der Waals surface area contributed by atoms with Crippen LogP contribution < -0.4 is 16.6 Å². The van der Waals surface area contributed by atoms with Crippen molar-refractivity contribution in [1.82, 2.24) is 14.9 Å². The Balaban J connectivity index is 2.04. The van der Waals surface area contributed by atoms with E-state index in [1.807, 2.05) is 31.2 Å². The topological polar surface area (TPSA) is 107 Å². The third-order valence-electron chi connectivity index (χ3n) is 3.88. The van der Waals surface area contributed by atoms with Crippen LogP contribution in [0.4, 0.5) is 0 Å². The molecule has 3 N–H and O–H groups in total. The molecule has 0 unspecified atom stereocenters. The van der Waals surface area contributed by atoms with E-state index in [-0.39, 0.29) is 23.8 Å². The fourth-order valence-corrected chi connectivity index (χ4v) is 3.53. The van der Waals surface area contributed by atoms with Crippen LogP contribution >= 0.6 is 23.4 Å². The Bertz CT molecular complexity index is 1110. The molecule has 0 radical (unpaired) electrons. The second-order valence-corrected chi connectivity index (χ2v) is 7.44. The summed E-state index contributed by atoms with van der Waals surface area (Å²) in [5, 5.41) is 3.64. The van der Waals surface area contributed by atoms with Crippen molar-refractivity contribution < 1.29 is 9.59 Å². The van der Waals surface area contributed by atoms with Crippen LogP contribution in [0.25, 0.3) is 16.6 Å². The van der Waals surface area contributed by atoms with Crippen molar-refractivity contribution in [2.24, 2.45) is 5.73 Å². The highest BCUT2D eigenvalue weighted by Gasteiger charge is 2.15. The predicted molar refractivity (Wildman–Crippen MR) is 110 cm³/mol. The van der Waals surface area contributed by atoms with Crippen molar-refractivity contribution in [3.05, 3.63) is 63.4 Å². The van der Waals surface area contributed by atoms with E-state index in [1.54, 1.807) is 18.2 Å². The Morgan fingerprint density at radius 3 is 2.61 bits per heavy atom. The number of thioether (sulfide) groups is 1. The zero-order chi connectivity index (χ0) is 20.3. The number of nitrogens with two attached hydrogens (primary N) is 1. The van der Waals surface area contributed by atoms with Gasteiger partial charge in [0.25, 0.3) is 5.56 Å². The predicted octanol–water partition coefficient (Wildman–Crippen LogP) is 2.04. The van der Waals surface area contributed by atoms with Crippen LogP contribution in [0.15, 0.2) is 52.4 Å². The first-order valence-corrected chi connectivity index (χ1v) is 9.68. The minimum atomic E-state index is -0.631. The lowest BCUT2D eigenvalue weighted by molar-refractivity contribution is -0.123. The fraction of sp³-hybridized carbons (Fsp3) is 0.158. The third-order valence-corrected chi connectivity index (χ3v) is 5.06. The summed E-state index contributed by atoms with van der Waals surface area (Å²) in [6.45, 7) is 1.71. The minimum Gasteiger partial charge on any atom is -0.368 e. The molecular weight excluding hydrogens is 400 g/mol. The van der Waals surface area contributed by atoms with E-state index in [4.69, 9.17) is 17.3 Å². The van der Waals surface area contributed by atoms with Crippen LogP contribution in [0.2, 0.25) is 5.02 Å². The molecule has 0 aliphatic heterocycles. The van der Waals surface area contributed by atoms with Crippen molar-refractivity contribution in [2.75, 3.05) is 12.3 Å². The highest BCUT2D eigenvalue weighted by atomic mass is 35.5. The number of primary amides is 1. The molecule has 9 heteroatoms. The van der Waals surface area contributed by atoms with Gasteiger partial charge in [-0.3, -0.25) is 19.0 Å². The summed E-state index contributed by atoms with van der Waals surface area (Å²) in [5.74, 6) is -1.05. The third kappa shape index (κ3) is 4.52. The number of amides is 2. The number of fused-ring (bicyclic) bond motifs is 1. The van der Waals surface area contributed by atoms with E-state index in [9.17, 15) is 14.4 Å². The Morgan fingerprint density at radius 1 is 1.21 bits per heavy atom. The smallest absolute Gasteiger partial charge is 0.266 e. The normalized spacial score (nSPS) is 10.8. The van der Waals surface area contributed by atoms with Crippen molar-refractivity contribution in [2.45, 2.75) is 12.1 Å². The number of rotatable bonds is 6. The number of carbonyl (C=O) groups excluding carboxylic acids is 2. The van der Waals surface area contributed by atoms with Gasteiger partial charge in [0.1, 0.15) is 0 Å². The molecule has 0 saturated carbocycles. The number of halogens is 1. The van der Waals surface area contributed by atoms with Crippen molar-refractivity contribution >= 4 is 46.1 Å². The minimum absolute atomic E-state index is 0.0301. The second kappa shape index (κ2) is 8.45. The zero-order valence-corrected chi connectivity index (χ0v) is 16.5. The Morgan fingerprint density at radius 2 is 1.93 bits per heavy atom. The van der Waals surface area contributed by atoms with Crippen molar-refractivity contribution in [1.29, 1.82) is 0 Å². The van der Waals surface area contributed by atoms with E-state index in [1.165, 1.54) is 4.57 Å². The number of nitrogens with zero attached hydrogens (tertiary/aromatic N) is 2. The zero-order valence-electron chi connectivity index (χ0n) is 14.9. The van der Waals surface area contributed by atoms with E-state index >= 15 is 0 Å². The van der Waals surface area contributed by atoms with Gasteiger partial charge < -0.3 is 11.1 Å². The first-order valence-electron chi connectivity index (χ1n) is 8.32. The molecule has 0 aliphatic carbocycles. The van der Waals surface area contributed by atoms with Crippen LogP contribution in [0.5, 0.6) is 0 Å². The standard InChI is InChI=1S/C19H17ClN4O3S/c1-11-2-5-13(6-3-11)24-18(27)14-7-4-12(20)8-15(14)23-19(24)28-10-17(26)22-9-16(21)25/h2-8H,9-10H2,1H3,(H2,21,25)(H,22,26). The lowest BCUT2D eigenvalue weighted by atomic mass is 10.2. The quantitative estimate of drug-likeness (QED) is 0.472. The van der Waals surface area contributed by atoms with Crippen LogP contribution in [0, 0.1) is 6.92 Å². The highest BCUT2D eigenvalue weighted by molar-refractivity contribution is 7.99. The molecule has 1 heterocycles. The summed E-state index contributed by atoms with van der Waals surface area (Å²) >= 11 is 7.12. The molecule has 1 aromatic heterocycles. The van der Waals surface area contributed by atoms with Gasteiger partial charge in [-0.25, -0.2) is 4.98 Å². The molecule has 2 aromatic carbocycles. The van der Waals surface area contributed by atoms with Gasteiger partial charge >= 0.3 is 0 Å². The van der Waals surface area contributed by atoms with Gasteiger partial charge in [-0.2, -0.15) is 0 Å². The number of aryl methyl sites for hydroxylation is 1. The van der Waals surface area contributed by atoms with Crippen LogP contribution in [-0.2, 0) is 9.59 Å². The molecule has 0 aliphatic rings. The summed E-state index contributed by atoms with van der Waals surface area (Å²) in [6.07, 6.45) is 0. The number of aromatic nitrogens is 2. The molecule has 2 amide bonds. The Labute approximate surface area is 169 Å².